The number of alkyl halides is 3. The van der Waals surface area contributed by atoms with Crippen molar-refractivity contribution in [1.82, 2.24) is 19.9 Å². The van der Waals surface area contributed by atoms with Gasteiger partial charge in [0.05, 0.1) is 24.2 Å². The van der Waals surface area contributed by atoms with Crippen LogP contribution in [0.2, 0.25) is 0 Å². The minimum atomic E-state index is -4.50. The number of aryl methyl sites for hydroxylation is 2. The SMILES string of the molecule is Cc1cc(N2CC[C@@H](C(=O)N3Cc4nc(C)nc(N5CCC5)c4[C@H]3C)C2)cc(C(F)(F)F)n1. The fourth-order valence-electron chi connectivity index (χ4n) is 5.07. The Morgan fingerprint density at radius 1 is 1.06 bits per heavy atom. The summed E-state index contributed by atoms with van der Waals surface area (Å²) in [7, 11) is 0. The van der Waals surface area contributed by atoms with E-state index in [-0.39, 0.29) is 17.9 Å². The Morgan fingerprint density at radius 2 is 1.82 bits per heavy atom. The number of carbonyl (C=O) groups excluding carboxylic acids is 1. The van der Waals surface area contributed by atoms with Crippen molar-refractivity contribution in [3.8, 4) is 0 Å². The number of nitrogens with zero attached hydrogens (tertiary/aromatic N) is 6. The molecule has 10 heteroatoms. The van der Waals surface area contributed by atoms with Crippen LogP contribution in [0.4, 0.5) is 24.7 Å². The summed E-state index contributed by atoms with van der Waals surface area (Å²) in [6, 6.07) is 2.60. The van der Waals surface area contributed by atoms with Gasteiger partial charge in [0.15, 0.2) is 0 Å². The fraction of sp³-hybridized carbons (Fsp3) is 0.565. The summed E-state index contributed by atoms with van der Waals surface area (Å²) < 4.78 is 39.6. The fourth-order valence-corrected chi connectivity index (χ4v) is 5.07. The highest BCUT2D eigenvalue weighted by Crippen LogP contribution is 2.41. The van der Waals surface area contributed by atoms with E-state index < -0.39 is 11.9 Å². The van der Waals surface area contributed by atoms with Gasteiger partial charge in [0.2, 0.25) is 5.91 Å². The monoisotopic (exact) mass is 460 g/mol. The molecule has 5 heterocycles. The van der Waals surface area contributed by atoms with Gasteiger partial charge in [0.1, 0.15) is 17.3 Å². The molecule has 3 aliphatic heterocycles. The van der Waals surface area contributed by atoms with Crippen LogP contribution in [0, 0.1) is 19.8 Å². The highest BCUT2D eigenvalue weighted by Gasteiger charge is 2.41. The standard InChI is InChI=1S/C23H27F3N6O/c1-13-9-17(10-19(27-13)23(24,25)26)31-8-5-16(11-31)22(33)32-12-18-20(14(32)2)21(29-15(3)28-18)30-6-4-7-30/h9-10,14,16H,4-8,11-12H2,1-3H3/t14-,16-/m1/s1. The van der Waals surface area contributed by atoms with Crippen LogP contribution in [0.3, 0.4) is 0 Å². The molecule has 0 aliphatic carbocycles. The van der Waals surface area contributed by atoms with Gasteiger partial charge >= 0.3 is 6.18 Å². The zero-order valence-electron chi connectivity index (χ0n) is 19.0. The second-order valence-corrected chi connectivity index (χ2v) is 9.22. The number of rotatable bonds is 3. The molecular formula is C23H27F3N6O. The Morgan fingerprint density at radius 3 is 2.48 bits per heavy atom. The van der Waals surface area contributed by atoms with E-state index >= 15 is 0 Å². The zero-order chi connectivity index (χ0) is 23.5. The van der Waals surface area contributed by atoms with Crippen molar-refractivity contribution in [2.24, 2.45) is 5.92 Å². The number of fused-ring (bicyclic) bond motifs is 1. The molecule has 3 aliphatic rings. The van der Waals surface area contributed by atoms with Gasteiger partial charge in [-0.05, 0) is 45.7 Å². The third-order valence-corrected chi connectivity index (χ3v) is 6.89. The van der Waals surface area contributed by atoms with Gasteiger partial charge < -0.3 is 14.7 Å². The van der Waals surface area contributed by atoms with Gasteiger partial charge in [0.25, 0.3) is 0 Å². The summed E-state index contributed by atoms with van der Waals surface area (Å²) >= 11 is 0. The molecule has 0 unspecified atom stereocenters. The van der Waals surface area contributed by atoms with Crippen LogP contribution in [0.5, 0.6) is 0 Å². The van der Waals surface area contributed by atoms with Crippen LogP contribution in [0.25, 0.3) is 0 Å². The zero-order valence-corrected chi connectivity index (χ0v) is 19.0. The molecule has 0 N–H and O–H groups in total. The number of amides is 1. The molecule has 2 aromatic rings. The van der Waals surface area contributed by atoms with Crippen LogP contribution >= 0.6 is 0 Å². The van der Waals surface area contributed by atoms with E-state index in [0.717, 1.165) is 42.7 Å². The molecule has 5 rings (SSSR count). The predicted octanol–water partition coefficient (Wildman–Crippen LogP) is 3.65. The Bertz CT molecular complexity index is 1100. The second kappa shape index (κ2) is 7.85. The largest absolute Gasteiger partial charge is 0.433 e. The molecule has 7 nitrogen and oxygen atoms in total. The summed E-state index contributed by atoms with van der Waals surface area (Å²) in [5.74, 6) is 1.40. The first-order valence-corrected chi connectivity index (χ1v) is 11.4. The van der Waals surface area contributed by atoms with Gasteiger partial charge in [-0.15, -0.1) is 0 Å². The predicted molar refractivity (Wildman–Crippen MR) is 117 cm³/mol. The third kappa shape index (κ3) is 3.89. The maximum Gasteiger partial charge on any atom is 0.433 e. The Labute approximate surface area is 190 Å². The van der Waals surface area contributed by atoms with Gasteiger partial charge in [-0.1, -0.05) is 0 Å². The Kier molecular flexibility index (Phi) is 5.21. The van der Waals surface area contributed by atoms with E-state index in [1.807, 2.05) is 23.6 Å². The summed E-state index contributed by atoms with van der Waals surface area (Å²) in [4.78, 5) is 32.3. The molecule has 0 spiro atoms. The van der Waals surface area contributed by atoms with Crippen molar-refractivity contribution >= 4 is 17.4 Å². The molecule has 0 aromatic carbocycles. The van der Waals surface area contributed by atoms with E-state index in [1.165, 1.54) is 0 Å². The first-order valence-electron chi connectivity index (χ1n) is 11.4. The van der Waals surface area contributed by atoms with E-state index in [9.17, 15) is 18.0 Å². The van der Waals surface area contributed by atoms with Crippen molar-refractivity contribution in [3.05, 3.63) is 40.6 Å². The summed E-state index contributed by atoms with van der Waals surface area (Å²) in [6.45, 7) is 8.74. The van der Waals surface area contributed by atoms with Gasteiger partial charge in [-0.25, -0.2) is 15.0 Å². The smallest absolute Gasteiger partial charge is 0.371 e. The molecule has 176 valence electrons. The summed E-state index contributed by atoms with van der Waals surface area (Å²) in [5.41, 5.74) is 1.81. The van der Waals surface area contributed by atoms with E-state index in [4.69, 9.17) is 0 Å². The number of hydrogen-bond acceptors (Lipinski definition) is 6. The normalized spacial score (nSPS) is 22.5. The molecule has 0 radical (unpaired) electrons. The third-order valence-electron chi connectivity index (χ3n) is 6.89. The number of hydrogen-bond donors (Lipinski definition) is 0. The van der Waals surface area contributed by atoms with Gasteiger partial charge in [-0.3, -0.25) is 4.79 Å². The van der Waals surface area contributed by atoms with Crippen molar-refractivity contribution in [3.63, 3.8) is 0 Å². The molecule has 0 bridgehead atoms. The lowest BCUT2D eigenvalue weighted by atomic mass is 10.1. The molecule has 33 heavy (non-hydrogen) atoms. The van der Waals surface area contributed by atoms with Crippen LogP contribution in [-0.4, -0.2) is 51.9 Å². The molecular weight excluding hydrogens is 433 g/mol. The lowest BCUT2D eigenvalue weighted by Gasteiger charge is -2.34. The van der Waals surface area contributed by atoms with E-state index in [2.05, 4.69) is 19.9 Å². The highest BCUT2D eigenvalue weighted by atomic mass is 19.4. The lowest BCUT2D eigenvalue weighted by Crippen LogP contribution is -2.39. The van der Waals surface area contributed by atoms with Crippen LogP contribution < -0.4 is 9.80 Å². The maximum atomic E-state index is 13.5. The van der Waals surface area contributed by atoms with Crippen molar-refractivity contribution < 1.29 is 18.0 Å². The molecule has 2 saturated heterocycles. The number of anilines is 2. The average molecular weight is 461 g/mol. The maximum absolute atomic E-state index is 13.5. The second-order valence-electron chi connectivity index (χ2n) is 9.22. The summed E-state index contributed by atoms with van der Waals surface area (Å²) in [6.07, 6.45) is -2.76. The molecule has 0 saturated carbocycles. The molecule has 2 atom stereocenters. The summed E-state index contributed by atoms with van der Waals surface area (Å²) in [5, 5.41) is 0. The number of halogens is 3. The molecule has 2 fully saturated rings. The quantitative estimate of drug-likeness (QED) is 0.697. The minimum absolute atomic E-state index is 0.0250. The van der Waals surface area contributed by atoms with Crippen LogP contribution in [0.15, 0.2) is 12.1 Å². The first kappa shape index (κ1) is 21.9. The lowest BCUT2D eigenvalue weighted by molar-refractivity contribution is -0.141. The Balaban J connectivity index is 1.34. The molecule has 1 amide bonds. The van der Waals surface area contributed by atoms with E-state index in [1.54, 1.807) is 13.0 Å². The van der Waals surface area contributed by atoms with Crippen molar-refractivity contribution in [2.75, 3.05) is 36.0 Å². The van der Waals surface area contributed by atoms with Gasteiger partial charge in [-0.2, -0.15) is 13.2 Å². The minimum Gasteiger partial charge on any atom is -0.371 e. The van der Waals surface area contributed by atoms with E-state index in [0.29, 0.717) is 43.3 Å². The Hall–Kier alpha value is -2.91. The number of carbonyl (C=O) groups is 1. The van der Waals surface area contributed by atoms with Crippen LogP contribution in [0.1, 0.15) is 54.3 Å². The first-order chi connectivity index (χ1) is 15.6. The average Bonchev–Trinajstić information content (AvgIpc) is 3.30. The van der Waals surface area contributed by atoms with Crippen LogP contribution in [-0.2, 0) is 17.5 Å². The van der Waals surface area contributed by atoms with Gasteiger partial charge in [0, 0.05) is 43.1 Å². The number of pyridine rings is 1. The van der Waals surface area contributed by atoms with Crippen molar-refractivity contribution in [1.29, 1.82) is 0 Å². The highest BCUT2D eigenvalue weighted by molar-refractivity contribution is 5.82. The molecule has 2 aromatic heterocycles. The van der Waals surface area contributed by atoms with Crippen molar-refractivity contribution in [2.45, 2.75) is 52.4 Å². The number of aromatic nitrogens is 3. The topological polar surface area (TPSA) is 65.5 Å².